The fraction of sp³-hybridized carbons (Fsp3) is 0.273. The van der Waals surface area contributed by atoms with Crippen LogP contribution in [0, 0.1) is 5.92 Å². The van der Waals surface area contributed by atoms with Gasteiger partial charge in [0.25, 0.3) is 0 Å². The molecule has 0 spiro atoms. The van der Waals surface area contributed by atoms with E-state index in [1.54, 1.807) is 0 Å². The van der Waals surface area contributed by atoms with E-state index < -0.39 is 0 Å². The summed E-state index contributed by atoms with van der Waals surface area (Å²) < 4.78 is 0. The maximum absolute atomic E-state index is 3.76. The molecule has 0 aliphatic rings. The summed E-state index contributed by atoms with van der Waals surface area (Å²) in [6.07, 6.45) is 3.09. The second kappa shape index (κ2) is 5.56. The molecule has 0 radical (unpaired) electrons. The van der Waals surface area contributed by atoms with Crippen molar-refractivity contribution in [3.63, 3.8) is 0 Å². The zero-order chi connectivity index (χ0) is 8.10. The fourth-order valence-corrected chi connectivity index (χ4v) is 1.07. The average molecular weight is 164 g/mol. The molecule has 66 valence electrons. The molecular formula is C11H16O. The van der Waals surface area contributed by atoms with Crippen molar-refractivity contribution in [2.45, 2.75) is 13.3 Å². The van der Waals surface area contributed by atoms with Gasteiger partial charge in [0.15, 0.2) is 0 Å². The smallest absolute Gasteiger partial charge is 0.0218 e. The van der Waals surface area contributed by atoms with Crippen LogP contribution in [0.25, 0.3) is 0 Å². The molecule has 1 heteroatoms. The first-order valence-electron chi connectivity index (χ1n) is 3.99. The molecule has 1 unspecified atom stereocenters. The number of hydrogen-bond acceptors (Lipinski definition) is 0. The van der Waals surface area contributed by atoms with E-state index in [2.05, 4.69) is 37.8 Å². The lowest BCUT2D eigenvalue weighted by atomic mass is 10.0. The first-order chi connectivity index (χ1) is 5.33. The van der Waals surface area contributed by atoms with E-state index in [1.807, 2.05) is 12.1 Å². The largest absolute Gasteiger partial charge is 0.412 e. The average Bonchev–Trinajstić information content (AvgIpc) is 2.06. The van der Waals surface area contributed by atoms with Crippen molar-refractivity contribution in [3.8, 4) is 0 Å². The molecule has 0 fully saturated rings. The number of hydrogen-bond donors (Lipinski definition) is 0. The SMILES string of the molecule is C=CC(C)Cc1ccccc1.O. The fourth-order valence-electron chi connectivity index (χ4n) is 1.07. The third kappa shape index (κ3) is 3.35. The number of rotatable bonds is 3. The molecule has 0 saturated heterocycles. The van der Waals surface area contributed by atoms with Gasteiger partial charge in [-0.05, 0) is 17.9 Å². The Morgan fingerprint density at radius 1 is 1.33 bits per heavy atom. The number of benzene rings is 1. The molecule has 1 aromatic rings. The molecule has 0 aromatic heterocycles. The van der Waals surface area contributed by atoms with Crippen LogP contribution in [0.5, 0.6) is 0 Å². The van der Waals surface area contributed by atoms with Crippen LogP contribution in [0.2, 0.25) is 0 Å². The van der Waals surface area contributed by atoms with E-state index in [9.17, 15) is 0 Å². The van der Waals surface area contributed by atoms with E-state index in [0.717, 1.165) is 6.42 Å². The van der Waals surface area contributed by atoms with Gasteiger partial charge in [0.05, 0.1) is 0 Å². The third-order valence-electron chi connectivity index (χ3n) is 1.80. The van der Waals surface area contributed by atoms with Crippen LogP contribution in [-0.4, -0.2) is 5.48 Å². The Morgan fingerprint density at radius 3 is 2.42 bits per heavy atom. The van der Waals surface area contributed by atoms with Crippen LogP contribution in [-0.2, 0) is 6.42 Å². The normalized spacial score (nSPS) is 11.4. The van der Waals surface area contributed by atoms with Gasteiger partial charge < -0.3 is 5.48 Å². The predicted molar refractivity (Wildman–Crippen MR) is 53.1 cm³/mol. The van der Waals surface area contributed by atoms with Gasteiger partial charge in [-0.25, -0.2) is 0 Å². The van der Waals surface area contributed by atoms with Gasteiger partial charge in [0.1, 0.15) is 0 Å². The first kappa shape index (κ1) is 10.9. The van der Waals surface area contributed by atoms with E-state index in [0.29, 0.717) is 5.92 Å². The molecule has 0 aliphatic carbocycles. The van der Waals surface area contributed by atoms with Crippen molar-refractivity contribution in [2.24, 2.45) is 5.92 Å². The van der Waals surface area contributed by atoms with Crippen molar-refractivity contribution in [2.75, 3.05) is 0 Å². The van der Waals surface area contributed by atoms with Crippen LogP contribution in [0.4, 0.5) is 0 Å². The third-order valence-corrected chi connectivity index (χ3v) is 1.80. The Labute approximate surface area is 74.0 Å². The molecular weight excluding hydrogens is 148 g/mol. The summed E-state index contributed by atoms with van der Waals surface area (Å²) in [6.45, 7) is 5.94. The minimum Gasteiger partial charge on any atom is -0.412 e. The minimum atomic E-state index is 0. The second-order valence-corrected chi connectivity index (χ2v) is 2.90. The van der Waals surface area contributed by atoms with E-state index in [4.69, 9.17) is 0 Å². The van der Waals surface area contributed by atoms with E-state index in [1.165, 1.54) is 5.56 Å². The van der Waals surface area contributed by atoms with Crippen molar-refractivity contribution in [1.29, 1.82) is 0 Å². The second-order valence-electron chi connectivity index (χ2n) is 2.90. The molecule has 0 saturated carbocycles. The molecule has 0 aliphatic heterocycles. The van der Waals surface area contributed by atoms with Crippen LogP contribution < -0.4 is 0 Å². The van der Waals surface area contributed by atoms with Crippen LogP contribution in [0.1, 0.15) is 12.5 Å². The Hall–Kier alpha value is -1.08. The Balaban J connectivity index is 0.00000121. The van der Waals surface area contributed by atoms with Gasteiger partial charge in [0.2, 0.25) is 0 Å². The Bertz CT molecular complexity index is 216. The summed E-state index contributed by atoms with van der Waals surface area (Å²) in [5.41, 5.74) is 1.39. The quantitative estimate of drug-likeness (QED) is 0.613. The molecule has 0 amide bonds. The lowest BCUT2D eigenvalue weighted by Gasteiger charge is -2.04. The van der Waals surface area contributed by atoms with Crippen molar-refractivity contribution < 1.29 is 5.48 Å². The molecule has 0 bridgehead atoms. The Kier molecular flexibility index (Phi) is 5.06. The lowest BCUT2D eigenvalue weighted by molar-refractivity contribution is 0.725. The Morgan fingerprint density at radius 2 is 1.92 bits per heavy atom. The standard InChI is InChI=1S/C11H14.H2O/c1-3-10(2)9-11-7-5-4-6-8-11;/h3-8,10H,1,9H2,2H3;1H2. The molecule has 1 nitrogen and oxygen atoms in total. The summed E-state index contributed by atoms with van der Waals surface area (Å²) in [6, 6.07) is 10.5. The van der Waals surface area contributed by atoms with Crippen molar-refractivity contribution in [1.82, 2.24) is 0 Å². The highest BCUT2D eigenvalue weighted by Gasteiger charge is 1.96. The summed E-state index contributed by atoms with van der Waals surface area (Å²) in [5, 5.41) is 0. The molecule has 1 aromatic carbocycles. The van der Waals surface area contributed by atoms with E-state index in [-0.39, 0.29) is 5.48 Å². The zero-order valence-corrected chi connectivity index (χ0v) is 7.46. The zero-order valence-electron chi connectivity index (χ0n) is 7.46. The highest BCUT2D eigenvalue weighted by Crippen LogP contribution is 2.07. The molecule has 12 heavy (non-hydrogen) atoms. The predicted octanol–water partition coefficient (Wildman–Crippen LogP) is 2.23. The van der Waals surface area contributed by atoms with Gasteiger partial charge >= 0.3 is 0 Å². The number of allylic oxidation sites excluding steroid dienone is 1. The topological polar surface area (TPSA) is 31.5 Å². The molecule has 1 atom stereocenters. The van der Waals surface area contributed by atoms with Gasteiger partial charge in [-0.15, -0.1) is 6.58 Å². The molecule has 1 rings (SSSR count). The van der Waals surface area contributed by atoms with Gasteiger partial charge in [-0.3, -0.25) is 0 Å². The maximum Gasteiger partial charge on any atom is -0.0218 e. The maximum atomic E-state index is 3.76. The minimum absolute atomic E-state index is 0. The monoisotopic (exact) mass is 164 g/mol. The van der Waals surface area contributed by atoms with Crippen molar-refractivity contribution in [3.05, 3.63) is 48.6 Å². The highest BCUT2D eigenvalue weighted by molar-refractivity contribution is 5.15. The van der Waals surface area contributed by atoms with Gasteiger partial charge in [-0.1, -0.05) is 43.3 Å². The van der Waals surface area contributed by atoms with Crippen LogP contribution in [0.3, 0.4) is 0 Å². The first-order valence-corrected chi connectivity index (χ1v) is 3.99. The highest BCUT2D eigenvalue weighted by atomic mass is 16.0. The lowest BCUT2D eigenvalue weighted by Crippen LogP contribution is -1.94. The van der Waals surface area contributed by atoms with E-state index >= 15 is 0 Å². The summed E-state index contributed by atoms with van der Waals surface area (Å²) in [4.78, 5) is 0. The summed E-state index contributed by atoms with van der Waals surface area (Å²) >= 11 is 0. The van der Waals surface area contributed by atoms with Crippen LogP contribution >= 0.6 is 0 Å². The van der Waals surface area contributed by atoms with Crippen molar-refractivity contribution >= 4 is 0 Å². The van der Waals surface area contributed by atoms with Gasteiger partial charge in [0, 0.05) is 0 Å². The van der Waals surface area contributed by atoms with Crippen LogP contribution in [0.15, 0.2) is 43.0 Å². The van der Waals surface area contributed by atoms with Gasteiger partial charge in [-0.2, -0.15) is 0 Å². The molecule has 2 N–H and O–H groups in total. The summed E-state index contributed by atoms with van der Waals surface area (Å²) in [5.74, 6) is 0.581. The summed E-state index contributed by atoms with van der Waals surface area (Å²) in [7, 11) is 0. The molecule has 0 heterocycles.